The van der Waals surface area contributed by atoms with E-state index in [9.17, 15) is 13.2 Å². The second-order valence-corrected chi connectivity index (χ2v) is 4.28. The molecule has 0 fully saturated rings. The van der Waals surface area contributed by atoms with Gasteiger partial charge in [0.1, 0.15) is 6.61 Å². The normalized spacial score (nSPS) is 13.9. The second kappa shape index (κ2) is 9.71. The summed E-state index contributed by atoms with van der Waals surface area (Å²) in [6.07, 6.45) is 0.898. The molecule has 0 aliphatic rings. The van der Waals surface area contributed by atoms with Crippen LogP contribution in [-0.2, 0) is 4.74 Å². The lowest BCUT2D eigenvalue weighted by molar-refractivity contribution is -0.175. The van der Waals surface area contributed by atoms with Gasteiger partial charge in [-0.15, -0.1) is 0 Å². The van der Waals surface area contributed by atoms with Crippen LogP contribution in [0.5, 0.6) is 0 Å². The van der Waals surface area contributed by atoms with Gasteiger partial charge in [-0.05, 0) is 19.4 Å². The van der Waals surface area contributed by atoms with Gasteiger partial charge in [-0.3, -0.25) is 0 Å². The van der Waals surface area contributed by atoms with Crippen molar-refractivity contribution >= 4 is 0 Å². The zero-order valence-electron chi connectivity index (χ0n) is 10.8. The van der Waals surface area contributed by atoms with Gasteiger partial charge in [0.05, 0.1) is 6.61 Å². The molecule has 0 aromatic carbocycles. The molecular formula is C12H24F3NO. The smallest absolute Gasteiger partial charge is 0.370 e. The lowest BCUT2D eigenvalue weighted by atomic mass is 10.1. The third kappa shape index (κ3) is 12.0. The van der Waals surface area contributed by atoms with Crippen LogP contribution in [0.25, 0.3) is 0 Å². The van der Waals surface area contributed by atoms with E-state index in [0.29, 0.717) is 0 Å². The van der Waals surface area contributed by atoms with Crippen LogP contribution in [-0.4, -0.2) is 32.0 Å². The Morgan fingerprint density at radius 1 is 1.12 bits per heavy atom. The van der Waals surface area contributed by atoms with Gasteiger partial charge in [-0.25, -0.2) is 0 Å². The van der Waals surface area contributed by atoms with Crippen molar-refractivity contribution in [3.63, 3.8) is 0 Å². The maximum atomic E-state index is 11.9. The molecule has 0 radical (unpaired) electrons. The molecule has 0 aliphatic heterocycles. The first-order valence-corrected chi connectivity index (χ1v) is 6.37. The molecule has 0 aromatic rings. The molecule has 0 saturated carbocycles. The first kappa shape index (κ1) is 16.7. The Labute approximate surface area is 102 Å². The molecule has 0 rings (SSSR count). The lowest BCUT2D eigenvalue weighted by Gasteiger charge is -2.19. The summed E-state index contributed by atoms with van der Waals surface area (Å²) in [5.74, 6) is 0. The van der Waals surface area contributed by atoms with Gasteiger partial charge in [0.2, 0.25) is 0 Å². The van der Waals surface area contributed by atoms with Crippen molar-refractivity contribution in [3.05, 3.63) is 0 Å². The molecule has 0 aliphatic carbocycles. The van der Waals surface area contributed by atoms with E-state index in [1.807, 2.05) is 6.92 Å². The standard InChI is InChI=1S/C12H24F3NO/c1-3-5-6-7-11(16-8-4-2)9-17-10-12(13,14)15/h11,16H,3-10H2,1-2H3. The Morgan fingerprint density at radius 2 is 1.82 bits per heavy atom. The van der Waals surface area contributed by atoms with Crippen molar-refractivity contribution < 1.29 is 17.9 Å². The molecule has 17 heavy (non-hydrogen) atoms. The van der Waals surface area contributed by atoms with Gasteiger partial charge in [0.25, 0.3) is 0 Å². The highest BCUT2D eigenvalue weighted by atomic mass is 19.4. The number of hydrogen-bond acceptors (Lipinski definition) is 2. The van der Waals surface area contributed by atoms with Gasteiger partial charge in [-0.2, -0.15) is 13.2 Å². The molecule has 1 N–H and O–H groups in total. The summed E-state index contributed by atoms with van der Waals surface area (Å²) in [4.78, 5) is 0. The average molecular weight is 255 g/mol. The van der Waals surface area contributed by atoms with Crippen LogP contribution in [0.2, 0.25) is 0 Å². The molecule has 0 amide bonds. The lowest BCUT2D eigenvalue weighted by Crippen LogP contribution is -2.35. The third-order valence-corrected chi connectivity index (χ3v) is 2.42. The van der Waals surface area contributed by atoms with Gasteiger partial charge in [-0.1, -0.05) is 33.1 Å². The fraction of sp³-hybridized carbons (Fsp3) is 1.00. The van der Waals surface area contributed by atoms with Gasteiger partial charge in [0, 0.05) is 6.04 Å². The van der Waals surface area contributed by atoms with Crippen LogP contribution in [0.1, 0.15) is 46.0 Å². The molecular weight excluding hydrogens is 231 g/mol. The molecule has 1 unspecified atom stereocenters. The number of rotatable bonds is 10. The van der Waals surface area contributed by atoms with E-state index in [1.165, 1.54) is 0 Å². The maximum absolute atomic E-state index is 11.9. The van der Waals surface area contributed by atoms with E-state index < -0.39 is 12.8 Å². The van der Waals surface area contributed by atoms with E-state index in [4.69, 9.17) is 4.74 Å². The number of ether oxygens (including phenoxy) is 1. The van der Waals surface area contributed by atoms with E-state index in [-0.39, 0.29) is 12.6 Å². The summed E-state index contributed by atoms with van der Waals surface area (Å²) < 4.78 is 40.5. The summed E-state index contributed by atoms with van der Waals surface area (Å²) >= 11 is 0. The Morgan fingerprint density at radius 3 is 2.35 bits per heavy atom. The topological polar surface area (TPSA) is 21.3 Å². The van der Waals surface area contributed by atoms with Crippen LogP contribution < -0.4 is 5.32 Å². The number of halogens is 3. The minimum absolute atomic E-state index is 0.0452. The molecule has 5 heteroatoms. The molecule has 0 spiro atoms. The van der Waals surface area contributed by atoms with E-state index in [1.54, 1.807) is 0 Å². The highest BCUT2D eigenvalue weighted by Gasteiger charge is 2.27. The predicted octanol–water partition coefficient (Wildman–Crippen LogP) is 3.51. The summed E-state index contributed by atoms with van der Waals surface area (Å²) in [6.45, 7) is 3.96. The Hall–Kier alpha value is -0.290. The molecule has 0 saturated heterocycles. The Kier molecular flexibility index (Phi) is 9.55. The first-order valence-electron chi connectivity index (χ1n) is 6.37. The van der Waals surface area contributed by atoms with Crippen molar-refractivity contribution in [3.8, 4) is 0 Å². The minimum atomic E-state index is -4.22. The minimum Gasteiger partial charge on any atom is -0.370 e. The molecule has 2 nitrogen and oxygen atoms in total. The summed E-state index contributed by atoms with van der Waals surface area (Å²) in [6, 6.07) is 0.0452. The fourth-order valence-corrected chi connectivity index (χ4v) is 1.55. The van der Waals surface area contributed by atoms with Crippen molar-refractivity contribution in [1.82, 2.24) is 5.32 Å². The van der Waals surface area contributed by atoms with Gasteiger partial charge < -0.3 is 10.1 Å². The highest BCUT2D eigenvalue weighted by molar-refractivity contribution is 4.66. The predicted molar refractivity (Wildman–Crippen MR) is 63.1 cm³/mol. The molecule has 0 bridgehead atoms. The second-order valence-electron chi connectivity index (χ2n) is 4.28. The SMILES string of the molecule is CCCCCC(COCC(F)(F)F)NCCC. The van der Waals surface area contributed by atoms with E-state index >= 15 is 0 Å². The van der Waals surface area contributed by atoms with Gasteiger partial charge >= 0.3 is 6.18 Å². The number of unbranched alkanes of at least 4 members (excludes halogenated alkanes) is 2. The van der Waals surface area contributed by atoms with Crippen LogP contribution >= 0.6 is 0 Å². The van der Waals surface area contributed by atoms with Crippen molar-refractivity contribution in [1.29, 1.82) is 0 Å². The summed E-state index contributed by atoms with van der Waals surface area (Å²) in [7, 11) is 0. The number of hydrogen-bond donors (Lipinski definition) is 1. The van der Waals surface area contributed by atoms with Crippen LogP contribution in [0.15, 0.2) is 0 Å². The van der Waals surface area contributed by atoms with Crippen LogP contribution in [0.3, 0.4) is 0 Å². The first-order chi connectivity index (χ1) is 7.99. The van der Waals surface area contributed by atoms with Gasteiger partial charge in [0.15, 0.2) is 0 Å². The van der Waals surface area contributed by atoms with Crippen LogP contribution in [0.4, 0.5) is 13.2 Å². The Bertz CT molecular complexity index is 174. The molecule has 0 aromatic heterocycles. The van der Waals surface area contributed by atoms with Crippen molar-refractivity contribution in [2.45, 2.75) is 58.2 Å². The number of alkyl halides is 3. The summed E-state index contributed by atoms with van der Waals surface area (Å²) in [5.41, 5.74) is 0. The summed E-state index contributed by atoms with van der Waals surface area (Å²) in [5, 5.41) is 3.22. The monoisotopic (exact) mass is 255 g/mol. The maximum Gasteiger partial charge on any atom is 0.411 e. The number of nitrogens with one attached hydrogen (secondary N) is 1. The quantitative estimate of drug-likeness (QED) is 0.603. The zero-order valence-corrected chi connectivity index (χ0v) is 10.8. The van der Waals surface area contributed by atoms with Crippen molar-refractivity contribution in [2.24, 2.45) is 0 Å². The fourth-order valence-electron chi connectivity index (χ4n) is 1.55. The van der Waals surface area contributed by atoms with Crippen molar-refractivity contribution in [2.75, 3.05) is 19.8 Å². The molecule has 1 atom stereocenters. The van der Waals surface area contributed by atoms with Crippen LogP contribution in [0, 0.1) is 0 Å². The third-order valence-electron chi connectivity index (χ3n) is 2.42. The molecule has 0 heterocycles. The largest absolute Gasteiger partial charge is 0.411 e. The zero-order chi connectivity index (χ0) is 13.1. The molecule has 104 valence electrons. The Balaban J connectivity index is 3.75. The highest BCUT2D eigenvalue weighted by Crippen LogP contribution is 2.15. The average Bonchev–Trinajstić information content (AvgIpc) is 2.23. The van der Waals surface area contributed by atoms with E-state index in [0.717, 1.165) is 38.6 Å². The van der Waals surface area contributed by atoms with E-state index in [2.05, 4.69) is 12.2 Å².